The first-order valence-corrected chi connectivity index (χ1v) is 14.7. The van der Waals surface area contributed by atoms with Crippen LogP contribution in [0.1, 0.15) is 81.9 Å². The molecule has 0 saturated heterocycles. The van der Waals surface area contributed by atoms with Gasteiger partial charge in [-0.15, -0.1) is 0 Å². The molecule has 1 aromatic heterocycles. The van der Waals surface area contributed by atoms with Crippen LogP contribution in [0.15, 0.2) is 77.4 Å². The molecule has 6 heteroatoms. The van der Waals surface area contributed by atoms with Gasteiger partial charge in [-0.1, -0.05) is 46.5 Å². The Balaban J connectivity index is 1.71. The predicted molar refractivity (Wildman–Crippen MR) is 169 cm³/mol. The first-order valence-electron chi connectivity index (χ1n) is 14.3. The molecular formula is C35H42ClNO4. The fourth-order valence-electron chi connectivity index (χ4n) is 4.77. The van der Waals surface area contributed by atoms with Gasteiger partial charge in [0.1, 0.15) is 12.4 Å². The van der Waals surface area contributed by atoms with E-state index in [0.29, 0.717) is 34.2 Å². The van der Waals surface area contributed by atoms with Gasteiger partial charge in [-0.25, -0.2) is 0 Å². The molecule has 0 aliphatic rings. The van der Waals surface area contributed by atoms with Gasteiger partial charge >= 0.3 is 5.97 Å². The van der Waals surface area contributed by atoms with Crippen LogP contribution in [-0.4, -0.2) is 29.7 Å². The molecule has 2 aromatic carbocycles. The summed E-state index contributed by atoms with van der Waals surface area (Å²) in [6.07, 6.45) is 10.6. The Morgan fingerprint density at radius 3 is 2.32 bits per heavy atom. The van der Waals surface area contributed by atoms with E-state index in [1.807, 2.05) is 38.1 Å². The van der Waals surface area contributed by atoms with E-state index in [0.717, 1.165) is 36.6 Å². The Labute approximate surface area is 249 Å². The highest BCUT2D eigenvalue weighted by Gasteiger charge is 2.22. The fourth-order valence-corrected chi connectivity index (χ4v) is 4.96. The van der Waals surface area contributed by atoms with Gasteiger partial charge in [0.15, 0.2) is 0 Å². The van der Waals surface area contributed by atoms with Crippen molar-refractivity contribution in [2.24, 2.45) is 0 Å². The Bertz CT molecular complexity index is 1470. The van der Waals surface area contributed by atoms with Crippen LogP contribution in [0.5, 0.6) is 5.75 Å². The molecule has 0 radical (unpaired) electrons. The van der Waals surface area contributed by atoms with E-state index in [9.17, 15) is 9.59 Å². The molecule has 0 bridgehead atoms. The van der Waals surface area contributed by atoms with Gasteiger partial charge < -0.3 is 9.47 Å². The number of aromatic nitrogens is 1. The van der Waals surface area contributed by atoms with Crippen LogP contribution >= 0.6 is 11.6 Å². The standard InChI is InChI=1S/C35H42ClNO4/c1-7-40-30-17-18-33-32(22-30)31(27(6)37(33)35(39)28-15-10-16-29(36)21-28)23-34(38)41-20-19-26(5)14-9-13-25(4)12-8-11-24(2)3/h10-11,13,15-19,21-22H,7-9,12,14,20,23H2,1-6H3/b25-13+,26-19+. The quantitative estimate of drug-likeness (QED) is 0.150. The van der Waals surface area contributed by atoms with Gasteiger partial charge in [0.2, 0.25) is 0 Å². The lowest BCUT2D eigenvalue weighted by Crippen LogP contribution is -2.14. The lowest BCUT2D eigenvalue weighted by atomic mass is 10.1. The summed E-state index contributed by atoms with van der Waals surface area (Å²) in [5, 5.41) is 1.28. The Kier molecular flexibility index (Phi) is 12.0. The van der Waals surface area contributed by atoms with Crippen molar-refractivity contribution in [1.29, 1.82) is 0 Å². The second kappa shape index (κ2) is 15.4. The van der Waals surface area contributed by atoms with E-state index in [4.69, 9.17) is 21.1 Å². The van der Waals surface area contributed by atoms with Crippen molar-refractivity contribution in [3.63, 3.8) is 0 Å². The second-order valence-electron chi connectivity index (χ2n) is 10.6. The average Bonchev–Trinajstić information content (AvgIpc) is 3.18. The number of carbonyl (C=O) groups excluding carboxylic acids is 2. The zero-order valence-corrected chi connectivity index (χ0v) is 25.9. The van der Waals surface area contributed by atoms with Crippen molar-refractivity contribution in [2.45, 2.75) is 73.6 Å². The highest BCUT2D eigenvalue weighted by atomic mass is 35.5. The van der Waals surface area contributed by atoms with Gasteiger partial charge in [-0.05, 0) is 115 Å². The fraction of sp³-hybridized carbons (Fsp3) is 0.371. The predicted octanol–water partition coefficient (Wildman–Crippen LogP) is 9.20. The maximum absolute atomic E-state index is 13.5. The monoisotopic (exact) mass is 575 g/mol. The smallest absolute Gasteiger partial charge is 0.310 e. The summed E-state index contributed by atoms with van der Waals surface area (Å²) in [6.45, 7) is 13.0. The minimum absolute atomic E-state index is 0.0498. The zero-order valence-electron chi connectivity index (χ0n) is 25.2. The lowest BCUT2D eigenvalue weighted by Gasteiger charge is -2.08. The summed E-state index contributed by atoms with van der Waals surface area (Å²) in [4.78, 5) is 26.5. The highest BCUT2D eigenvalue weighted by Crippen LogP contribution is 2.31. The Morgan fingerprint density at radius 2 is 1.63 bits per heavy atom. The number of hydrogen-bond donors (Lipinski definition) is 0. The largest absolute Gasteiger partial charge is 0.494 e. The van der Waals surface area contributed by atoms with Crippen molar-refractivity contribution in [2.75, 3.05) is 13.2 Å². The molecule has 3 aromatic rings. The molecule has 0 amide bonds. The average molecular weight is 576 g/mol. The summed E-state index contributed by atoms with van der Waals surface area (Å²) >= 11 is 6.16. The third kappa shape index (κ3) is 9.22. The van der Waals surface area contributed by atoms with Gasteiger partial charge in [-0.2, -0.15) is 0 Å². The normalized spacial score (nSPS) is 12.0. The SMILES string of the molecule is CCOc1ccc2c(c1)c(CC(=O)OC/C=C(\C)CC/C=C(\C)CCC=C(C)C)c(C)n2C(=O)c1cccc(Cl)c1. The number of nitrogens with zero attached hydrogens (tertiary/aromatic N) is 1. The summed E-state index contributed by atoms with van der Waals surface area (Å²) in [6, 6.07) is 12.4. The van der Waals surface area contributed by atoms with Crippen LogP contribution in [0, 0.1) is 6.92 Å². The number of ether oxygens (including phenoxy) is 2. The molecule has 0 atom stereocenters. The molecule has 41 heavy (non-hydrogen) atoms. The van der Waals surface area contributed by atoms with Crippen LogP contribution in [0.4, 0.5) is 0 Å². The highest BCUT2D eigenvalue weighted by molar-refractivity contribution is 6.31. The van der Waals surface area contributed by atoms with Crippen molar-refractivity contribution < 1.29 is 19.1 Å². The van der Waals surface area contributed by atoms with Crippen molar-refractivity contribution in [3.05, 3.63) is 99.3 Å². The first-order chi connectivity index (χ1) is 19.6. The van der Waals surface area contributed by atoms with E-state index in [1.54, 1.807) is 28.8 Å². The Morgan fingerprint density at radius 1 is 0.927 bits per heavy atom. The number of allylic oxidation sites excluding steroid dienone is 5. The summed E-state index contributed by atoms with van der Waals surface area (Å²) in [5.74, 6) is 0.128. The number of rotatable bonds is 13. The molecule has 218 valence electrons. The topological polar surface area (TPSA) is 57.5 Å². The van der Waals surface area contributed by atoms with Crippen LogP contribution in [0.25, 0.3) is 10.9 Å². The molecule has 5 nitrogen and oxygen atoms in total. The molecule has 3 rings (SSSR count). The van der Waals surface area contributed by atoms with E-state index >= 15 is 0 Å². The molecule has 0 aliphatic carbocycles. The lowest BCUT2D eigenvalue weighted by molar-refractivity contribution is -0.141. The summed E-state index contributed by atoms with van der Waals surface area (Å²) < 4.78 is 12.9. The molecule has 0 saturated carbocycles. The van der Waals surface area contributed by atoms with Crippen molar-refractivity contribution in [1.82, 2.24) is 4.57 Å². The number of hydrogen-bond acceptors (Lipinski definition) is 4. The minimum atomic E-state index is -0.344. The Hall–Kier alpha value is -3.57. The molecule has 0 unspecified atom stereocenters. The number of halogens is 1. The van der Waals surface area contributed by atoms with Crippen molar-refractivity contribution in [3.8, 4) is 5.75 Å². The van der Waals surface area contributed by atoms with Gasteiger partial charge in [0.25, 0.3) is 5.91 Å². The third-order valence-electron chi connectivity index (χ3n) is 7.01. The van der Waals surface area contributed by atoms with Gasteiger partial charge in [0, 0.05) is 21.7 Å². The molecule has 1 heterocycles. The molecule has 0 fully saturated rings. The summed E-state index contributed by atoms with van der Waals surface area (Å²) in [7, 11) is 0. The zero-order chi connectivity index (χ0) is 29.9. The molecule has 0 spiro atoms. The van der Waals surface area contributed by atoms with E-state index in [2.05, 4.69) is 39.8 Å². The minimum Gasteiger partial charge on any atom is -0.494 e. The van der Waals surface area contributed by atoms with E-state index in [-0.39, 0.29) is 24.9 Å². The maximum Gasteiger partial charge on any atom is 0.310 e. The number of fused-ring (bicyclic) bond motifs is 1. The molecule has 0 aliphatic heterocycles. The van der Waals surface area contributed by atoms with Crippen LogP contribution in [0.3, 0.4) is 0 Å². The number of esters is 1. The van der Waals surface area contributed by atoms with Crippen molar-refractivity contribution >= 4 is 34.4 Å². The maximum atomic E-state index is 13.5. The number of carbonyl (C=O) groups is 2. The van der Waals surface area contributed by atoms with Gasteiger partial charge in [0.05, 0.1) is 18.5 Å². The third-order valence-corrected chi connectivity index (χ3v) is 7.25. The molecular weight excluding hydrogens is 534 g/mol. The van der Waals surface area contributed by atoms with Crippen LogP contribution in [0.2, 0.25) is 5.02 Å². The van der Waals surface area contributed by atoms with Gasteiger partial charge in [-0.3, -0.25) is 14.2 Å². The second-order valence-corrected chi connectivity index (χ2v) is 11.1. The first kappa shape index (κ1) is 32.0. The van der Waals surface area contributed by atoms with E-state index in [1.165, 1.54) is 16.7 Å². The molecule has 0 N–H and O–H groups in total. The number of benzene rings is 2. The van der Waals surface area contributed by atoms with E-state index < -0.39 is 0 Å². The summed E-state index contributed by atoms with van der Waals surface area (Å²) in [5.41, 5.74) is 6.56. The van der Waals surface area contributed by atoms with Crippen LogP contribution in [-0.2, 0) is 16.0 Å². The van der Waals surface area contributed by atoms with Crippen LogP contribution < -0.4 is 4.74 Å².